The van der Waals surface area contributed by atoms with Gasteiger partial charge in [0.1, 0.15) is 0 Å². The summed E-state index contributed by atoms with van der Waals surface area (Å²) in [6.07, 6.45) is -6.67. The zero-order chi connectivity index (χ0) is 51.7. The summed E-state index contributed by atoms with van der Waals surface area (Å²) in [5.74, 6) is 0. The summed E-state index contributed by atoms with van der Waals surface area (Å²) in [7, 11) is 0. The van der Waals surface area contributed by atoms with Gasteiger partial charge < -0.3 is 19.4 Å². The molecule has 7 aromatic carbocycles. The fraction of sp³-hybridized carbons (Fsp3) is 0.0635. The Bertz CT molecular complexity index is 3990. The van der Waals surface area contributed by atoms with Crippen molar-refractivity contribution in [2.45, 2.75) is 25.5 Å². The van der Waals surface area contributed by atoms with Crippen molar-refractivity contribution in [3.8, 4) is 55.9 Å². The molecule has 0 aliphatic rings. The third-order valence-corrected chi connectivity index (χ3v) is 12.1. The number of nitrogens with zero attached hydrogens (tertiary/aromatic N) is 4. The number of benzene rings is 7. The summed E-state index contributed by atoms with van der Waals surface area (Å²) in [6.45, 7) is 0. The Balaban J connectivity index is 0.00000616. The molecule has 68 heavy (non-hydrogen) atoms. The van der Waals surface area contributed by atoms with Gasteiger partial charge in [-0.2, -0.15) is 0 Å². The second kappa shape index (κ2) is 18.8. The fourth-order valence-corrected chi connectivity index (χ4v) is 9.00. The minimum atomic E-state index is -2.83. The minimum absolute atomic E-state index is 0. The molecule has 5 aromatic heterocycles. The molecule has 12 aromatic rings. The number of hydrogen-bond donors (Lipinski definition) is 0. The molecule has 0 radical (unpaired) electrons. The van der Waals surface area contributed by atoms with Crippen molar-refractivity contribution in [3.05, 3.63) is 253 Å². The molecular weight excluding hydrogens is 1000 g/mol. The molecule has 0 spiro atoms. The third kappa shape index (κ3) is 8.21. The maximum atomic E-state index is 9.71. The SMILES string of the molecule is [2H]C([2H])(c1ccc(-c2[c-]cccc2)nc1)C([2H])([2H])c1cc(-c2ccccc2-c2cnc3c4[c-]cccc4n4c5ccccc5c(-c5ccccc5)c4c3c2)cc(C([2H])([2H])C([2H])([2H])c2ccc(-c3[c-]cccc3)nc2)c1.[Ir+3]. The van der Waals surface area contributed by atoms with Gasteiger partial charge in [0.25, 0.3) is 0 Å². The minimum Gasteiger partial charge on any atom is -0.351 e. The molecule has 0 aliphatic carbocycles. The molecule has 0 saturated carbocycles. The summed E-state index contributed by atoms with van der Waals surface area (Å²) in [6, 6.07) is 69.0. The Hall–Kier alpha value is -7.82. The van der Waals surface area contributed by atoms with Crippen LogP contribution in [0.25, 0.3) is 94.1 Å². The first-order valence-electron chi connectivity index (χ1n) is 26.1. The fourth-order valence-electron chi connectivity index (χ4n) is 9.00. The summed E-state index contributed by atoms with van der Waals surface area (Å²) >= 11 is 0. The smallest absolute Gasteiger partial charge is 0.351 e. The molecule has 324 valence electrons. The van der Waals surface area contributed by atoms with E-state index >= 15 is 0 Å². The van der Waals surface area contributed by atoms with Crippen LogP contribution in [0.15, 0.2) is 213 Å². The average molecular weight is 1060 g/mol. The van der Waals surface area contributed by atoms with Crippen LogP contribution < -0.4 is 0 Å². The van der Waals surface area contributed by atoms with Crippen LogP contribution in [0, 0.1) is 18.2 Å². The van der Waals surface area contributed by atoms with Gasteiger partial charge in [0.15, 0.2) is 0 Å². The Morgan fingerprint density at radius 1 is 0.426 bits per heavy atom. The van der Waals surface area contributed by atoms with Crippen molar-refractivity contribution in [2.75, 3.05) is 0 Å². The van der Waals surface area contributed by atoms with Gasteiger partial charge >= 0.3 is 20.1 Å². The van der Waals surface area contributed by atoms with E-state index in [-0.39, 0.29) is 42.4 Å². The first-order valence-corrected chi connectivity index (χ1v) is 22.1. The number of hydrogen-bond acceptors (Lipinski definition) is 3. The molecule has 0 atom stereocenters. The van der Waals surface area contributed by atoms with Gasteiger partial charge in [-0.1, -0.05) is 121 Å². The first-order chi connectivity index (χ1) is 36.2. The maximum Gasteiger partial charge on any atom is 3.00 e. The molecule has 12 rings (SSSR count). The van der Waals surface area contributed by atoms with E-state index in [1.165, 1.54) is 30.6 Å². The predicted octanol–water partition coefficient (Wildman–Crippen LogP) is 14.9. The Morgan fingerprint density at radius 2 is 1.00 bits per heavy atom. The van der Waals surface area contributed by atoms with Crippen molar-refractivity contribution in [3.63, 3.8) is 0 Å². The van der Waals surface area contributed by atoms with Gasteiger partial charge in [-0.05, 0) is 109 Å². The van der Waals surface area contributed by atoms with E-state index in [2.05, 4.69) is 69.0 Å². The van der Waals surface area contributed by atoms with Crippen molar-refractivity contribution in [2.24, 2.45) is 0 Å². The number of pyridine rings is 4. The monoisotopic (exact) mass is 1060 g/mol. The molecule has 4 nitrogen and oxygen atoms in total. The van der Waals surface area contributed by atoms with Gasteiger partial charge in [0.2, 0.25) is 0 Å². The van der Waals surface area contributed by atoms with Gasteiger partial charge in [-0.3, -0.25) is 0 Å². The van der Waals surface area contributed by atoms with Crippen LogP contribution in [0.3, 0.4) is 0 Å². The zero-order valence-electron chi connectivity index (χ0n) is 44.3. The predicted molar refractivity (Wildman–Crippen MR) is 275 cm³/mol. The average Bonchev–Trinajstić information content (AvgIpc) is 3.88. The van der Waals surface area contributed by atoms with E-state index in [9.17, 15) is 11.0 Å². The Morgan fingerprint density at radius 3 is 1.63 bits per heavy atom. The van der Waals surface area contributed by atoms with Crippen LogP contribution in [-0.2, 0) is 45.6 Å². The van der Waals surface area contributed by atoms with Crippen LogP contribution in [0.2, 0.25) is 0 Å². The number of rotatable bonds is 11. The molecule has 0 unspecified atom stereocenters. The number of aromatic nitrogens is 4. The number of fused-ring (bicyclic) bond motifs is 8. The molecule has 5 heterocycles. The topological polar surface area (TPSA) is 43.1 Å². The van der Waals surface area contributed by atoms with Gasteiger partial charge in [-0.25, -0.2) is 0 Å². The van der Waals surface area contributed by atoms with Crippen molar-refractivity contribution >= 4 is 38.2 Å². The van der Waals surface area contributed by atoms with E-state index in [0.29, 0.717) is 44.8 Å². The summed E-state index contributed by atoms with van der Waals surface area (Å²) in [5, 5.41) is 2.78. The normalized spacial score (nSPS) is 13.9. The second-order valence-corrected chi connectivity index (χ2v) is 16.3. The molecule has 0 saturated heterocycles. The molecule has 0 fully saturated rings. The van der Waals surface area contributed by atoms with Crippen LogP contribution in [0.4, 0.5) is 0 Å². The number of para-hydroxylation sites is 1. The zero-order valence-corrected chi connectivity index (χ0v) is 38.7. The number of aryl methyl sites for hydroxylation is 4. The van der Waals surface area contributed by atoms with E-state index in [4.69, 9.17) is 4.98 Å². The van der Waals surface area contributed by atoms with Crippen LogP contribution in [0.5, 0.6) is 0 Å². The molecule has 0 N–H and O–H groups in total. The quantitative estimate of drug-likeness (QED) is 0.0958. The van der Waals surface area contributed by atoms with Crippen molar-refractivity contribution in [1.29, 1.82) is 0 Å². The van der Waals surface area contributed by atoms with Crippen molar-refractivity contribution in [1.82, 2.24) is 19.4 Å². The Kier molecular flexibility index (Phi) is 9.54. The largest absolute Gasteiger partial charge is 3.00 e. The molecular formula is C63H43IrN4. The van der Waals surface area contributed by atoms with Crippen molar-refractivity contribution < 1.29 is 31.1 Å². The second-order valence-electron chi connectivity index (χ2n) is 16.3. The third-order valence-electron chi connectivity index (χ3n) is 12.1. The Labute approximate surface area is 421 Å². The van der Waals surface area contributed by atoms with E-state index in [0.717, 1.165) is 49.4 Å². The standard InChI is InChI=1S/C63H43N4.Ir/c1-4-16-47(17-5-1)57-34-32-43(40-64-57)28-30-45-36-46(31-29-44-33-35-58(65-41-44)48-18-6-2-7-19-48)38-50(37-45)52-22-10-11-23-53(52)51-39-56-62(66-42-51)55-25-13-15-27-60(55)67-59-26-14-12-24-54(59)61(63(56)67)49-20-8-3-9-21-49;/h1-16,18,20-24,26-27,32-42H,28-31H2;/q-3;+3/i28D2,29D2,30D2,31D2;. The summed E-state index contributed by atoms with van der Waals surface area (Å²) in [4.78, 5) is 14.2. The molecule has 0 amide bonds. The van der Waals surface area contributed by atoms with Crippen LogP contribution >= 0.6 is 0 Å². The van der Waals surface area contributed by atoms with E-state index in [1.807, 2.05) is 103 Å². The summed E-state index contributed by atoms with van der Waals surface area (Å²) < 4.78 is 79.0. The van der Waals surface area contributed by atoms with E-state index in [1.54, 1.807) is 42.6 Å². The van der Waals surface area contributed by atoms with E-state index < -0.39 is 25.5 Å². The van der Waals surface area contributed by atoms with Gasteiger partial charge in [0.05, 0.1) is 0 Å². The molecule has 5 heteroatoms. The first kappa shape index (κ1) is 34.5. The van der Waals surface area contributed by atoms with Gasteiger partial charge in [0, 0.05) is 51.5 Å². The molecule has 0 bridgehead atoms. The van der Waals surface area contributed by atoms with Gasteiger partial charge in [-0.15, -0.1) is 101 Å². The maximum absolute atomic E-state index is 9.71. The van der Waals surface area contributed by atoms with Crippen LogP contribution in [-0.4, -0.2) is 19.4 Å². The molecule has 0 aliphatic heterocycles. The van der Waals surface area contributed by atoms with Crippen LogP contribution in [0.1, 0.15) is 33.2 Å². The summed E-state index contributed by atoms with van der Waals surface area (Å²) in [5.41, 5.74) is 10.1.